The number of hydrogen-bond donors (Lipinski definition) is 0. The van der Waals surface area contributed by atoms with Crippen molar-refractivity contribution in [3.8, 4) is 0 Å². The van der Waals surface area contributed by atoms with E-state index in [0.29, 0.717) is 6.42 Å². The van der Waals surface area contributed by atoms with Gasteiger partial charge in [0, 0.05) is 26.3 Å². The molecule has 2 aliphatic heterocycles. The van der Waals surface area contributed by atoms with E-state index in [0.717, 1.165) is 28.5 Å². The highest BCUT2D eigenvalue weighted by molar-refractivity contribution is 6.13. The molecule has 162 valence electrons. The molecule has 2 heterocycles. The van der Waals surface area contributed by atoms with Crippen LogP contribution < -0.4 is 9.80 Å². The van der Waals surface area contributed by atoms with Gasteiger partial charge in [-0.3, -0.25) is 9.69 Å². The maximum absolute atomic E-state index is 13.3. The molecule has 1 amide bonds. The highest BCUT2D eigenvalue weighted by Gasteiger charge is 2.64. The SMILES string of the molecule is COC1C(=O)N2c3ccccc3N=C(N(C)c3ccccc3C)CC12c1ccc(C)cc1. The van der Waals surface area contributed by atoms with E-state index in [2.05, 4.69) is 55.1 Å². The molecule has 1 saturated heterocycles. The van der Waals surface area contributed by atoms with Gasteiger partial charge in [-0.05, 0) is 43.2 Å². The third-order valence-corrected chi connectivity index (χ3v) is 6.73. The summed E-state index contributed by atoms with van der Waals surface area (Å²) in [5.41, 5.74) is 5.44. The number of fused-ring (bicyclic) bond motifs is 3. The molecule has 2 atom stereocenters. The lowest BCUT2D eigenvalue weighted by Gasteiger charge is -2.56. The second-order valence-electron chi connectivity index (χ2n) is 8.62. The maximum Gasteiger partial charge on any atom is 0.259 e. The van der Waals surface area contributed by atoms with Crippen molar-refractivity contribution < 1.29 is 9.53 Å². The molecule has 0 aromatic heterocycles. The number of β-lactam (4-membered cyclic amide) rings is 1. The van der Waals surface area contributed by atoms with Gasteiger partial charge in [0.1, 0.15) is 11.4 Å². The normalized spacial score (nSPS) is 21.8. The Morgan fingerprint density at radius 3 is 2.41 bits per heavy atom. The molecule has 2 aliphatic rings. The van der Waals surface area contributed by atoms with E-state index in [4.69, 9.17) is 9.73 Å². The lowest BCUT2D eigenvalue weighted by molar-refractivity contribution is -0.147. The molecule has 0 spiro atoms. The minimum atomic E-state index is -0.665. The Bertz CT molecular complexity index is 1220. The Labute approximate surface area is 189 Å². The third kappa shape index (κ3) is 2.88. The van der Waals surface area contributed by atoms with Crippen LogP contribution >= 0.6 is 0 Å². The second kappa shape index (κ2) is 7.61. The molecule has 0 aliphatic carbocycles. The van der Waals surface area contributed by atoms with Gasteiger partial charge < -0.3 is 9.64 Å². The van der Waals surface area contributed by atoms with E-state index in [-0.39, 0.29) is 5.91 Å². The van der Waals surface area contributed by atoms with E-state index in [1.165, 1.54) is 11.1 Å². The predicted molar refractivity (Wildman–Crippen MR) is 129 cm³/mol. The molecule has 0 N–H and O–H groups in total. The molecule has 2 unspecified atom stereocenters. The van der Waals surface area contributed by atoms with Crippen LogP contribution in [-0.2, 0) is 15.1 Å². The van der Waals surface area contributed by atoms with Crippen molar-refractivity contribution in [1.29, 1.82) is 0 Å². The van der Waals surface area contributed by atoms with Gasteiger partial charge in [-0.15, -0.1) is 0 Å². The van der Waals surface area contributed by atoms with Gasteiger partial charge in [0.25, 0.3) is 5.91 Å². The Balaban J connectivity index is 1.73. The number of carbonyl (C=O) groups excluding carboxylic acids is 1. The predicted octanol–water partition coefficient (Wildman–Crippen LogP) is 5.13. The van der Waals surface area contributed by atoms with Crippen LogP contribution in [0.3, 0.4) is 0 Å². The summed E-state index contributed by atoms with van der Waals surface area (Å²) >= 11 is 0. The van der Waals surface area contributed by atoms with E-state index in [1.807, 2.05) is 48.3 Å². The zero-order valence-electron chi connectivity index (χ0n) is 18.9. The van der Waals surface area contributed by atoms with Crippen molar-refractivity contribution >= 4 is 28.8 Å². The van der Waals surface area contributed by atoms with Gasteiger partial charge >= 0.3 is 0 Å². The smallest absolute Gasteiger partial charge is 0.259 e. The lowest BCUT2D eigenvalue weighted by Crippen LogP contribution is -2.74. The third-order valence-electron chi connectivity index (χ3n) is 6.73. The summed E-state index contributed by atoms with van der Waals surface area (Å²) in [6, 6.07) is 24.6. The Kier molecular flexibility index (Phi) is 4.86. The van der Waals surface area contributed by atoms with Crippen LogP contribution in [-0.4, -0.2) is 32.0 Å². The van der Waals surface area contributed by atoms with Crippen molar-refractivity contribution in [2.45, 2.75) is 31.9 Å². The standard InChI is InChI=1S/C27H27N3O2/c1-18-13-15-20(16-14-18)27-17-24(29(3)22-11-7-5-9-19(22)2)28-21-10-6-8-12-23(21)30(27)26(31)25(27)32-4/h5-16,25H,17H2,1-4H3. The summed E-state index contributed by atoms with van der Waals surface area (Å²) in [5.74, 6) is 0.861. The van der Waals surface area contributed by atoms with E-state index in [9.17, 15) is 4.79 Å². The highest BCUT2D eigenvalue weighted by atomic mass is 16.5. The average Bonchev–Trinajstić information content (AvgIpc) is 2.92. The van der Waals surface area contributed by atoms with Gasteiger partial charge in [-0.1, -0.05) is 60.2 Å². The Hall–Kier alpha value is -3.44. The fourth-order valence-electron chi connectivity index (χ4n) is 5.03. The number of carbonyl (C=O) groups is 1. The van der Waals surface area contributed by atoms with E-state index >= 15 is 0 Å². The number of methoxy groups -OCH3 is 1. The number of hydrogen-bond acceptors (Lipinski definition) is 4. The molecule has 0 bridgehead atoms. The van der Waals surface area contributed by atoms with Gasteiger partial charge in [-0.25, -0.2) is 4.99 Å². The van der Waals surface area contributed by atoms with E-state index in [1.54, 1.807) is 7.11 Å². The number of aliphatic imine (C=N–C) groups is 1. The van der Waals surface area contributed by atoms with Gasteiger partial charge in [0.05, 0.1) is 11.4 Å². The van der Waals surface area contributed by atoms with Crippen LogP contribution in [0.4, 0.5) is 17.1 Å². The van der Waals surface area contributed by atoms with Crippen molar-refractivity contribution in [2.24, 2.45) is 4.99 Å². The number of amidine groups is 1. The molecule has 5 rings (SSSR count). The number of nitrogens with zero attached hydrogens (tertiary/aromatic N) is 3. The first kappa shape index (κ1) is 20.5. The Morgan fingerprint density at radius 1 is 1.00 bits per heavy atom. The highest BCUT2D eigenvalue weighted by Crippen LogP contribution is 2.53. The topological polar surface area (TPSA) is 45.1 Å². The summed E-state index contributed by atoms with van der Waals surface area (Å²) < 4.78 is 5.82. The first-order chi connectivity index (χ1) is 15.5. The van der Waals surface area contributed by atoms with E-state index < -0.39 is 11.6 Å². The van der Waals surface area contributed by atoms with Crippen LogP contribution in [0.5, 0.6) is 0 Å². The maximum atomic E-state index is 13.3. The lowest BCUT2D eigenvalue weighted by atomic mass is 9.71. The molecule has 0 saturated carbocycles. The van der Waals surface area contributed by atoms with Crippen LogP contribution in [0.2, 0.25) is 0 Å². The summed E-state index contributed by atoms with van der Waals surface area (Å²) in [5, 5.41) is 0. The van der Waals surface area contributed by atoms with Gasteiger partial charge in [-0.2, -0.15) is 0 Å². The van der Waals surface area contributed by atoms with Crippen molar-refractivity contribution in [3.63, 3.8) is 0 Å². The van der Waals surface area contributed by atoms with Crippen LogP contribution in [0.25, 0.3) is 0 Å². The van der Waals surface area contributed by atoms with Gasteiger partial charge in [0.15, 0.2) is 6.10 Å². The molecular weight excluding hydrogens is 398 g/mol. The van der Waals surface area contributed by atoms with Crippen molar-refractivity contribution in [3.05, 3.63) is 89.5 Å². The van der Waals surface area contributed by atoms with Crippen LogP contribution in [0, 0.1) is 13.8 Å². The molecule has 32 heavy (non-hydrogen) atoms. The number of amides is 1. The zero-order chi connectivity index (χ0) is 22.5. The van der Waals surface area contributed by atoms with Crippen LogP contribution in [0.1, 0.15) is 23.1 Å². The molecule has 3 aromatic carbocycles. The first-order valence-corrected chi connectivity index (χ1v) is 10.9. The quantitative estimate of drug-likeness (QED) is 0.547. The molecule has 5 nitrogen and oxygen atoms in total. The number of rotatable bonds is 3. The molecule has 3 aromatic rings. The minimum Gasteiger partial charge on any atom is -0.369 e. The summed E-state index contributed by atoms with van der Waals surface area (Å²) in [6.45, 7) is 4.17. The molecular formula is C27H27N3O2. The molecule has 1 fully saturated rings. The number of benzene rings is 3. The monoisotopic (exact) mass is 425 g/mol. The Morgan fingerprint density at radius 2 is 1.69 bits per heavy atom. The summed E-state index contributed by atoms with van der Waals surface area (Å²) in [4.78, 5) is 22.4. The minimum absolute atomic E-state index is 0.0319. The number of ether oxygens (including phenoxy) is 1. The largest absolute Gasteiger partial charge is 0.369 e. The molecule has 5 heteroatoms. The molecule has 0 radical (unpaired) electrons. The number of aryl methyl sites for hydroxylation is 2. The summed E-state index contributed by atoms with van der Waals surface area (Å²) in [7, 11) is 3.67. The van der Waals surface area contributed by atoms with Crippen molar-refractivity contribution in [1.82, 2.24) is 0 Å². The van der Waals surface area contributed by atoms with Gasteiger partial charge in [0.2, 0.25) is 0 Å². The zero-order valence-corrected chi connectivity index (χ0v) is 18.9. The summed E-state index contributed by atoms with van der Waals surface area (Å²) in [6.07, 6.45) is -0.0355. The van der Waals surface area contributed by atoms with Crippen LogP contribution in [0.15, 0.2) is 77.8 Å². The average molecular weight is 426 g/mol. The van der Waals surface area contributed by atoms with Crippen molar-refractivity contribution in [2.75, 3.05) is 24.0 Å². The number of anilines is 2. The fraction of sp³-hybridized carbons (Fsp3) is 0.259. The number of para-hydroxylation sites is 3. The first-order valence-electron chi connectivity index (χ1n) is 10.9. The second-order valence-corrected chi connectivity index (χ2v) is 8.62. The fourth-order valence-corrected chi connectivity index (χ4v) is 5.03.